The second kappa shape index (κ2) is 2.76. The van der Waals surface area contributed by atoms with E-state index in [2.05, 4.69) is 12.1 Å². The number of aryl methyl sites for hydroxylation is 1. The number of hydrogen-bond acceptors (Lipinski definition) is 0. The van der Waals surface area contributed by atoms with Gasteiger partial charge in [0, 0.05) is 13.0 Å². The summed E-state index contributed by atoms with van der Waals surface area (Å²) in [5.41, 5.74) is 1.08. The number of pyridine rings is 1. The van der Waals surface area contributed by atoms with Gasteiger partial charge in [-0.2, -0.15) is 0 Å². The summed E-state index contributed by atoms with van der Waals surface area (Å²) in [7, 11) is 0. The van der Waals surface area contributed by atoms with Gasteiger partial charge in [-0.05, 0) is 11.5 Å². The Morgan fingerprint density at radius 1 is 1.17 bits per heavy atom. The summed E-state index contributed by atoms with van der Waals surface area (Å²) in [6.07, 6.45) is 1.86. The van der Waals surface area contributed by atoms with Crippen molar-refractivity contribution in [2.45, 2.75) is 6.92 Å². The number of nitrogens with zero attached hydrogens (tertiary/aromatic N) is 1. The lowest BCUT2D eigenvalue weighted by Gasteiger charge is -1.95. The molecule has 0 radical (unpaired) electrons. The first-order valence-electron chi connectivity index (χ1n) is 3.85. The van der Waals surface area contributed by atoms with Crippen molar-refractivity contribution in [3.63, 3.8) is 0 Å². The molecular formula is C10H9ClN+. The molecule has 0 atom stereocenters. The third-order valence-electron chi connectivity index (χ3n) is 2.06. The standard InChI is InChI=1S/C10H9ClN/c1-8-10-5-3-2-4-9(10)6-7-12(8)11/h2-7H,1H3/q+1. The normalized spacial score (nSPS) is 10.5. The molecule has 2 aromatic rings. The summed E-state index contributed by atoms with van der Waals surface area (Å²) in [6, 6.07) is 10.2. The first-order chi connectivity index (χ1) is 5.79. The van der Waals surface area contributed by atoms with Crippen LogP contribution in [0, 0.1) is 6.92 Å². The van der Waals surface area contributed by atoms with Crippen molar-refractivity contribution < 1.29 is 4.09 Å². The second-order valence-electron chi connectivity index (χ2n) is 2.80. The lowest BCUT2D eigenvalue weighted by atomic mass is 10.1. The molecule has 0 aliphatic carbocycles. The average Bonchev–Trinajstić information content (AvgIpc) is 2.12. The highest BCUT2D eigenvalue weighted by atomic mass is 35.5. The number of halogens is 1. The highest BCUT2D eigenvalue weighted by Gasteiger charge is 2.07. The molecule has 0 unspecified atom stereocenters. The van der Waals surface area contributed by atoms with Gasteiger partial charge in [-0.25, -0.2) is 0 Å². The van der Waals surface area contributed by atoms with Gasteiger partial charge in [0.2, 0.25) is 5.69 Å². The highest BCUT2D eigenvalue weighted by Crippen LogP contribution is 2.14. The molecule has 0 spiro atoms. The van der Waals surface area contributed by atoms with Gasteiger partial charge in [-0.1, -0.05) is 22.3 Å². The monoisotopic (exact) mass is 178 g/mol. The number of benzene rings is 1. The van der Waals surface area contributed by atoms with Crippen LogP contribution in [0.5, 0.6) is 0 Å². The topological polar surface area (TPSA) is 3.88 Å². The summed E-state index contributed by atoms with van der Waals surface area (Å²) in [5, 5.41) is 2.43. The second-order valence-corrected chi connectivity index (χ2v) is 3.16. The molecule has 1 heterocycles. The maximum Gasteiger partial charge on any atom is 0.268 e. The molecule has 0 saturated carbocycles. The van der Waals surface area contributed by atoms with E-state index in [4.69, 9.17) is 11.8 Å². The average molecular weight is 179 g/mol. The first kappa shape index (κ1) is 7.56. The van der Waals surface area contributed by atoms with Crippen LogP contribution < -0.4 is 4.09 Å². The summed E-state index contributed by atoms with van der Waals surface area (Å²) in [5.74, 6) is 0. The minimum absolute atomic E-state index is 1.08. The molecule has 0 fully saturated rings. The first-order valence-corrected chi connectivity index (χ1v) is 4.19. The van der Waals surface area contributed by atoms with E-state index in [9.17, 15) is 0 Å². The van der Waals surface area contributed by atoms with Crippen molar-refractivity contribution in [1.82, 2.24) is 0 Å². The number of hydrogen-bond donors (Lipinski definition) is 0. The van der Waals surface area contributed by atoms with Crippen LogP contribution in [0.15, 0.2) is 36.5 Å². The van der Waals surface area contributed by atoms with E-state index in [0.717, 1.165) is 5.69 Å². The molecule has 2 rings (SSSR count). The Labute approximate surface area is 76.3 Å². The fourth-order valence-corrected chi connectivity index (χ4v) is 1.49. The molecule has 0 aliphatic rings. The Morgan fingerprint density at radius 2 is 1.92 bits per heavy atom. The van der Waals surface area contributed by atoms with E-state index < -0.39 is 0 Å². The van der Waals surface area contributed by atoms with Gasteiger partial charge in [0.25, 0.3) is 11.8 Å². The molecule has 1 aromatic carbocycles. The Balaban J connectivity index is 2.91. The van der Waals surface area contributed by atoms with Gasteiger partial charge >= 0.3 is 0 Å². The van der Waals surface area contributed by atoms with Crippen molar-refractivity contribution in [3.05, 3.63) is 42.2 Å². The van der Waals surface area contributed by atoms with Crippen molar-refractivity contribution in [2.24, 2.45) is 0 Å². The SMILES string of the molecule is Cc1c2ccccc2cc[n+]1Cl. The van der Waals surface area contributed by atoms with Crippen LogP contribution in [0.2, 0.25) is 0 Å². The molecule has 0 N–H and O–H groups in total. The number of aromatic nitrogens is 1. The number of rotatable bonds is 0. The fourth-order valence-electron chi connectivity index (χ4n) is 1.34. The van der Waals surface area contributed by atoms with Crippen molar-refractivity contribution >= 4 is 22.5 Å². The van der Waals surface area contributed by atoms with Gasteiger partial charge in [-0.15, -0.1) is 0 Å². The van der Waals surface area contributed by atoms with Crippen LogP contribution in [-0.4, -0.2) is 0 Å². The zero-order valence-electron chi connectivity index (χ0n) is 6.79. The van der Waals surface area contributed by atoms with E-state index in [1.54, 1.807) is 4.09 Å². The largest absolute Gasteiger partial charge is 0.268 e. The summed E-state index contributed by atoms with van der Waals surface area (Å²) in [4.78, 5) is 0. The Bertz CT molecular complexity index is 423. The van der Waals surface area contributed by atoms with Crippen molar-refractivity contribution in [1.29, 1.82) is 0 Å². The van der Waals surface area contributed by atoms with Crippen LogP contribution in [0.4, 0.5) is 0 Å². The molecule has 0 amide bonds. The summed E-state index contributed by atoms with van der Waals surface area (Å²) >= 11 is 5.90. The maximum absolute atomic E-state index is 5.90. The lowest BCUT2D eigenvalue weighted by Crippen LogP contribution is -2.23. The Kier molecular flexibility index (Phi) is 1.74. The van der Waals surface area contributed by atoms with Gasteiger partial charge in [0.05, 0.1) is 5.39 Å². The predicted molar refractivity (Wildman–Crippen MR) is 50.1 cm³/mol. The molecule has 0 aliphatic heterocycles. The van der Waals surface area contributed by atoms with E-state index in [1.165, 1.54) is 10.8 Å². The molecular weight excluding hydrogens is 170 g/mol. The van der Waals surface area contributed by atoms with Crippen molar-refractivity contribution in [2.75, 3.05) is 0 Å². The third kappa shape index (κ3) is 1.07. The van der Waals surface area contributed by atoms with Crippen LogP contribution in [0.1, 0.15) is 5.69 Å². The Morgan fingerprint density at radius 3 is 2.75 bits per heavy atom. The molecule has 0 bridgehead atoms. The summed E-state index contributed by atoms with van der Waals surface area (Å²) in [6.45, 7) is 2.01. The van der Waals surface area contributed by atoms with Crippen molar-refractivity contribution in [3.8, 4) is 0 Å². The molecule has 1 aromatic heterocycles. The smallest absolute Gasteiger partial charge is 0.0870 e. The van der Waals surface area contributed by atoms with Crippen LogP contribution in [0.25, 0.3) is 10.8 Å². The molecule has 1 nitrogen and oxygen atoms in total. The molecule has 60 valence electrons. The maximum atomic E-state index is 5.90. The van der Waals surface area contributed by atoms with Crippen LogP contribution in [-0.2, 0) is 0 Å². The Hall–Kier alpha value is -1.08. The van der Waals surface area contributed by atoms with Crippen LogP contribution >= 0.6 is 11.8 Å². The predicted octanol–water partition coefficient (Wildman–Crippen LogP) is 2.44. The zero-order valence-corrected chi connectivity index (χ0v) is 7.55. The van der Waals surface area contributed by atoms with Gasteiger partial charge in [-0.3, -0.25) is 0 Å². The minimum atomic E-state index is 1.08. The summed E-state index contributed by atoms with van der Waals surface area (Å²) < 4.78 is 1.61. The van der Waals surface area contributed by atoms with Gasteiger partial charge < -0.3 is 0 Å². The van der Waals surface area contributed by atoms with E-state index in [1.807, 2.05) is 31.3 Å². The lowest BCUT2D eigenvalue weighted by molar-refractivity contribution is -0.525. The van der Waals surface area contributed by atoms with Crippen LogP contribution in [0.3, 0.4) is 0 Å². The third-order valence-corrected chi connectivity index (χ3v) is 2.42. The fraction of sp³-hybridized carbons (Fsp3) is 0.100. The molecule has 0 saturated heterocycles. The minimum Gasteiger partial charge on any atom is -0.0870 e. The zero-order chi connectivity index (χ0) is 8.55. The van der Waals surface area contributed by atoms with Gasteiger partial charge in [0.15, 0.2) is 6.20 Å². The van der Waals surface area contributed by atoms with E-state index in [0.29, 0.717) is 0 Å². The van der Waals surface area contributed by atoms with Gasteiger partial charge in [0.1, 0.15) is 0 Å². The van der Waals surface area contributed by atoms with E-state index >= 15 is 0 Å². The highest BCUT2D eigenvalue weighted by molar-refractivity contribution is 6.05. The quantitative estimate of drug-likeness (QED) is 0.584. The molecule has 2 heteroatoms. The van der Waals surface area contributed by atoms with E-state index in [-0.39, 0.29) is 0 Å². The number of fused-ring (bicyclic) bond motifs is 1. The molecule has 12 heavy (non-hydrogen) atoms.